The zero-order valence-electron chi connectivity index (χ0n) is 7.31. The minimum absolute atomic E-state index is 0. The van der Waals surface area contributed by atoms with Crippen molar-refractivity contribution in [3.8, 4) is 0 Å². The summed E-state index contributed by atoms with van der Waals surface area (Å²) in [5.74, 6) is -0.158. The monoisotopic (exact) mass is 180 g/mol. The number of halogens is 1. The van der Waals surface area contributed by atoms with E-state index in [0.717, 1.165) is 24.0 Å². The number of hydrogen-bond donors (Lipinski definition) is 0. The highest BCUT2D eigenvalue weighted by molar-refractivity contribution is 5.17. The van der Waals surface area contributed by atoms with Crippen molar-refractivity contribution >= 4 is 0 Å². The van der Waals surface area contributed by atoms with E-state index >= 15 is 0 Å². The minimum atomic E-state index is -0.158. The topological polar surface area (TPSA) is 0 Å². The van der Waals surface area contributed by atoms with Gasteiger partial charge in [-0.25, -0.2) is 4.39 Å². The molecule has 1 heteroatoms. The molecule has 0 heterocycles. The summed E-state index contributed by atoms with van der Waals surface area (Å²) in [6.45, 7) is 5.78. The van der Waals surface area contributed by atoms with Gasteiger partial charge in [0, 0.05) is 0 Å². The largest absolute Gasteiger partial charge is 0.207 e. The molecule has 0 unspecified atom stereocenters. The highest BCUT2D eigenvalue weighted by atomic mass is 19.1. The van der Waals surface area contributed by atoms with Gasteiger partial charge in [-0.3, -0.25) is 0 Å². The standard InChI is InChI=1S/C11H13F.CH4/c1-9(2)6-7-10-4-3-5-11(12)8-10;/h3-5,8H,1,6-7H2,2H3;1H4. The van der Waals surface area contributed by atoms with Gasteiger partial charge >= 0.3 is 0 Å². The Morgan fingerprint density at radius 3 is 2.69 bits per heavy atom. The van der Waals surface area contributed by atoms with Crippen molar-refractivity contribution in [1.29, 1.82) is 0 Å². The second kappa shape index (κ2) is 5.52. The molecular formula is C12H17F. The number of aryl methyl sites for hydroxylation is 1. The lowest BCUT2D eigenvalue weighted by Crippen LogP contribution is -1.86. The molecule has 1 aromatic carbocycles. The fraction of sp³-hybridized carbons (Fsp3) is 0.333. The molecule has 13 heavy (non-hydrogen) atoms. The van der Waals surface area contributed by atoms with E-state index in [1.807, 2.05) is 13.0 Å². The third kappa shape index (κ3) is 4.46. The van der Waals surface area contributed by atoms with Crippen LogP contribution in [0.25, 0.3) is 0 Å². The van der Waals surface area contributed by atoms with Gasteiger partial charge in [-0.2, -0.15) is 0 Å². The fourth-order valence-electron chi connectivity index (χ4n) is 1.05. The molecule has 0 radical (unpaired) electrons. The molecule has 0 atom stereocenters. The molecule has 0 N–H and O–H groups in total. The van der Waals surface area contributed by atoms with E-state index in [4.69, 9.17) is 0 Å². The van der Waals surface area contributed by atoms with Crippen LogP contribution in [0.15, 0.2) is 36.4 Å². The lowest BCUT2D eigenvalue weighted by atomic mass is 10.1. The van der Waals surface area contributed by atoms with Gasteiger partial charge < -0.3 is 0 Å². The molecule has 0 aromatic heterocycles. The van der Waals surface area contributed by atoms with Crippen LogP contribution in [0.1, 0.15) is 26.3 Å². The Morgan fingerprint density at radius 1 is 1.46 bits per heavy atom. The van der Waals surface area contributed by atoms with Crippen LogP contribution in [0.5, 0.6) is 0 Å². The van der Waals surface area contributed by atoms with Gasteiger partial charge in [0.2, 0.25) is 0 Å². The zero-order chi connectivity index (χ0) is 8.97. The quantitative estimate of drug-likeness (QED) is 0.617. The summed E-state index contributed by atoms with van der Waals surface area (Å²) in [5.41, 5.74) is 2.18. The number of allylic oxidation sites excluding steroid dienone is 1. The highest BCUT2D eigenvalue weighted by Gasteiger charge is 1.94. The average Bonchev–Trinajstić information content (AvgIpc) is 2.01. The normalized spacial score (nSPS) is 9.08. The Kier molecular flexibility index (Phi) is 5.05. The minimum Gasteiger partial charge on any atom is -0.207 e. The Balaban J connectivity index is 0.00000144. The van der Waals surface area contributed by atoms with E-state index in [2.05, 4.69) is 6.58 Å². The molecule has 1 aromatic rings. The number of rotatable bonds is 3. The van der Waals surface area contributed by atoms with Crippen molar-refractivity contribution < 1.29 is 4.39 Å². The zero-order valence-corrected chi connectivity index (χ0v) is 7.31. The molecule has 72 valence electrons. The van der Waals surface area contributed by atoms with Gasteiger partial charge in [-0.15, -0.1) is 6.58 Å². The average molecular weight is 180 g/mol. The summed E-state index contributed by atoms with van der Waals surface area (Å²) in [6, 6.07) is 6.71. The summed E-state index contributed by atoms with van der Waals surface area (Å²) in [4.78, 5) is 0. The Hall–Kier alpha value is -1.11. The molecule has 0 aliphatic carbocycles. The predicted molar refractivity (Wildman–Crippen MR) is 56.3 cm³/mol. The second-order valence-corrected chi connectivity index (χ2v) is 3.09. The van der Waals surface area contributed by atoms with Crippen molar-refractivity contribution in [2.75, 3.05) is 0 Å². The van der Waals surface area contributed by atoms with Gasteiger partial charge in [0.25, 0.3) is 0 Å². The summed E-state index contributed by atoms with van der Waals surface area (Å²) < 4.78 is 12.7. The Labute approximate surface area is 80.1 Å². The fourth-order valence-corrected chi connectivity index (χ4v) is 1.05. The molecular weight excluding hydrogens is 163 g/mol. The molecule has 0 amide bonds. The van der Waals surface area contributed by atoms with Gasteiger partial charge in [0.15, 0.2) is 0 Å². The SMILES string of the molecule is C.C=C(C)CCc1cccc(F)c1. The predicted octanol–water partition coefficient (Wildman–Crippen LogP) is 3.97. The van der Waals surface area contributed by atoms with Crippen LogP contribution in [-0.2, 0) is 6.42 Å². The van der Waals surface area contributed by atoms with E-state index in [-0.39, 0.29) is 13.2 Å². The van der Waals surface area contributed by atoms with Crippen molar-refractivity contribution in [3.63, 3.8) is 0 Å². The summed E-state index contributed by atoms with van der Waals surface area (Å²) >= 11 is 0. The third-order valence-corrected chi connectivity index (χ3v) is 1.73. The van der Waals surface area contributed by atoms with Crippen LogP contribution in [0, 0.1) is 5.82 Å². The van der Waals surface area contributed by atoms with Gasteiger partial charge in [0.05, 0.1) is 0 Å². The first-order valence-electron chi connectivity index (χ1n) is 4.07. The van der Waals surface area contributed by atoms with Crippen LogP contribution in [0.4, 0.5) is 4.39 Å². The van der Waals surface area contributed by atoms with Gasteiger partial charge in [-0.1, -0.05) is 25.1 Å². The molecule has 0 aliphatic rings. The van der Waals surface area contributed by atoms with Crippen molar-refractivity contribution in [2.24, 2.45) is 0 Å². The van der Waals surface area contributed by atoms with Crippen LogP contribution in [0.2, 0.25) is 0 Å². The van der Waals surface area contributed by atoms with E-state index in [9.17, 15) is 4.39 Å². The van der Waals surface area contributed by atoms with Crippen LogP contribution in [0.3, 0.4) is 0 Å². The maximum Gasteiger partial charge on any atom is 0.123 e. The number of benzene rings is 1. The van der Waals surface area contributed by atoms with Crippen LogP contribution >= 0.6 is 0 Å². The van der Waals surface area contributed by atoms with Crippen LogP contribution in [-0.4, -0.2) is 0 Å². The molecule has 1 rings (SSSR count). The molecule has 0 aliphatic heterocycles. The lowest BCUT2D eigenvalue weighted by Gasteiger charge is -2.00. The lowest BCUT2D eigenvalue weighted by molar-refractivity contribution is 0.625. The Bertz CT molecular complexity index is 276. The summed E-state index contributed by atoms with van der Waals surface area (Å²) in [5, 5.41) is 0. The summed E-state index contributed by atoms with van der Waals surface area (Å²) in [6.07, 6.45) is 1.82. The van der Waals surface area contributed by atoms with Crippen LogP contribution < -0.4 is 0 Å². The smallest absolute Gasteiger partial charge is 0.123 e. The highest BCUT2D eigenvalue weighted by Crippen LogP contribution is 2.08. The summed E-state index contributed by atoms with van der Waals surface area (Å²) in [7, 11) is 0. The van der Waals surface area contributed by atoms with E-state index in [0.29, 0.717) is 0 Å². The van der Waals surface area contributed by atoms with Gasteiger partial charge in [0.1, 0.15) is 5.82 Å². The molecule has 0 fully saturated rings. The maximum atomic E-state index is 12.7. The molecule has 0 nitrogen and oxygen atoms in total. The Morgan fingerprint density at radius 2 is 2.15 bits per heavy atom. The molecule has 0 bridgehead atoms. The van der Waals surface area contributed by atoms with E-state index in [1.54, 1.807) is 12.1 Å². The van der Waals surface area contributed by atoms with Crippen molar-refractivity contribution in [2.45, 2.75) is 27.2 Å². The second-order valence-electron chi connectivity index (χ2n) is 3.09. The first-order valence-corrected chi connectivity index (χ1v) is 4.07. The molecule has 0 saturated carbocycles. The molecule has 0 spiro atoms. The van der Waals surface area contributed by atoms with E-state index in [1.165, 1.54) is 6.07 Å². The van der Waals surface area contributed by atoms with E-state index < -0.39 is 0 Å². The third-order valence-electron chi connectivity index (χ3n) is 1.73. The number of hydrogen-bond acceptors (Lipinski definition) is 0. The van der Waals surface area contributed by atoms with Crippen molar-refractivity contribution in [1.82, 2.24) is 0 Å². The molecule has 0 saturated heterocycles. The first-order chi connectivity index (χ1) is 5.68. The first kappa shape index (κ1) is 11.9. The van der Waals surface area contributed by atoms with Gasteiger partial charge in [-0.05, 0) is 37.5 Å². The maximum absolute atomic E-state index is 12.7. The van der Waals surface area contributed by atoms with Crippen molar-refractivity contribution in [3.05, 3.63) is 47.8 Å².